The molecular formula is C19H22N6O2. The monoisotopic (exact) mass is 366 g/mol. The van der Waals surface area contributed by atoms with Crippen LogP contribution < -0.4 is 10.6 Å². The van der Waals surface area contributed by atoms with Crippen LogP contribution >= 0.6 is 0 Å². The Bertz CT molecular complexity index is 952. The number of aliphatic hydroxyl groups excluding tert-OH is 1. The maximum Gasteiger partial charge on any atom is 0.251 e. The molecule has 2 heterocycles. The molecule has 0 spiro atoms. The maximum atomic E-state index is 11.6. The Hall–Kier alpha value is -3.00. The lowest BCUT2D eigenvalue weighted by Gasteiger charge is -2.09. The highest BCUT2D eigenvalue weighted by Gasteiger charge is 2.24. The first-order valence-electron chi connectivity index (χ1n) is 9.10. The highest BCUT2D eigenvalue weighted by Crippen LogP contribution is 2.28. The van der Waals surface area contributed by atoms with Crippen molar-refractivity contribution in [3.8, 4) is 0 Å². The zero-order valence-electron chi connectivity index (χ0n) is 15.1. The van der Waals surface area contributed by atoms with Gasteiger partial charge in [-0.3, -0.25) is 4.79 Å². The maximum absolute atomic E-state index is 11.6. The molecule has 8 nitrogen and oxygen atoms in total. The molecule has 0 saturated heterocycles. The van der Waals surface area contributed by atoms with Gasteiger partial charge < -0.3 is 15.7 Å². The third kappa shape index (κ3) is 3.75. The molecule has 4 rings (SSSR count). The van der Waals surface area contributed by atoms with Crippen LogP contribution in [0.2, 0.25) is 0 Å². The number of hydrogen-bond acceptors (Lipinski definition) is 6. The predicted molar refractivity (Wildman–Crippen MR) is 101 cm³/mol. The molecule has 1 aliphatic rings. The zero-order chi connectivity index (χ0) is 18.8. The number of carbonyl (C=O) groups is 1. The average Bonchev–Trinajstić information content (AvgIpc) is 3.28. The average molecular weight is 366 g/mol. The summed E-state index contributed by atoms with van der Waals surface area (Å²) in [5, 5.41) is 20.0. The van der Waals surface area contributed by atoms with Crippen molar-refractivity contribution in [3.05, 3.63) is 47.9 Å². The summed E-state index contributed by atoms with van der Waals surface area (Å²) in [6.45, 7) is 0. The summed E-state index contributed by atoms with van der Waals surface area (Å²) in [5.74, 6) is 1.63. The van der Waals surface area contributed by atoms with Gasteiger partial charge in [0.2, 0.25) is 5.95 Å². The molecule has 1 fully saturated rings. The summed E-state index contributed by atoms with van der Waals surface area (Å²) in [5.41, 5.74) is 2.12. The Balaban J connectivity index is 1.53. The minimum atomic E-state index is -0.195. The molecule has 3 aromatic rings. The molecule has 3 N–H and O–H groups in total. The Morgan fingerprint density at radius 3 is 2.78 bits per heavy atom. The quantitative estimate of drug-likeness (QED) is 0.637. The Morgan fingerprint density at radius 2 is 2.07 bits per heavy atom. The highest BCUT2D eigenvalue weighted by molar-refractivity contribution is 5.94. The fraction of sp³-hybridized carbons (Fsp3) is 0.368. The number of nitrogens with zero attached hydrogens (tertiary/aromatic N) is 4. The van der Waals surface area contributed by atoms with Crippen LogP contribution in [0.5, 0.6) is 0 Å². The van der Waals surface area contributed by atoms with Gasteiger partial charge in [-0.05, 0) is 49.4 Å². The Kier molecular flexibility index (Phi) is 4.72. The van der Waals surface area contributed by atoms with Crippen LogP contribution in [0.4, 0.5) is 11.6 Å². The molecule has 0 radical (unpaired) electrons. The van der Waals surface area contributed by atoms with E-state index in [4.69, 9.17) is 0 Å². The smallest absolute Gasteiger partial charge is 0.251 e. The number of amides is 1. The van der Waals surface area contributed by atoms with Crippen molar-refractivity contribution in [3.63, 3.8) is 0 Å². The fourth-order valence-electron chi connectivity index (χ4n) is 3.53. The third-order valence-electron chi connectivity index (χ3n) is 4.94. The lowest BCUT2D eigenvalue weighted by Crippen LogP contribution is -2.17. The van der Waals surface area contributed by atoms with E-state index in [1.165, 1.54) is 0 Å². The van der Waals surface area contributed by atoms with E-state index in [0.717, 1.165) is 42.8 Å². The zero-order valence-corrected chi connectivity index (χ0v) is 15.1. The first-order valence-corrected chi connectivity index (χ1v) is 9.10. The van der Waals surface area contributed by atoms with Crippen molar-refractivity contribution in [2.24, 2.45) is 5.92 Å². The predicted octanol–water partition coefficient (Wildman–Crippen LogP) is 1.93. The van der Waals surface area contributed by atoms with Crippen molar-refractivity contribution in [2.45, 2.75) is 31.8 Å². The molecule has 2 aromatic heterocycles. The van der Waals surface area contributed by atoms with Gasteiger partial charge >= 0.3 is 0 Å². The van der Waals surface area contributed by atoms with Crippen molar-refractivity contribution < 1.29 is 9.90 Å². The van der Waals surface area contributed by atoms with Gasteiger partial charge in [0.15, 0.2) is 5.65 Å². The minimum absolute atomic E-state index is 0.125. The van der Waals surface area contributed by atoms with Gasteiger partial charge in [-0.2, -0.15) is 9.50 Å². The molecule has 1 saturated carbocycles. The molecule has 2 atom stereocenters. The van der Waals surface area contributed by atoms with Gasteiger partial charge in [0, 0.05) is 37.0 Å². The van der Waals surface area contributed by atoms with E-state index in [9.17, 15) is 9.90 Å². The van der Waals surface area contributed by atoms with Crippen molar-refractivity contribution in [1.82, 2.24) is 24.9 Å². The number of aromatic nitrogens is 4. The number of benzene rings is 1. The van der Waals surface area contributed by atoms with Crippen LogP contribution in [0.1, 0.15) is 35.4 Å². The second kappa shape index (κ2) is 7.32. The van der Waals surface area contributed by atoms with Crippen molar-refractivity contribution in [2.75, 3.05) is 12.4 Å². The van der Waals surface area contributed by atoms with Gasteiger partial charge in [0.05, 0.1) is 6.10 Å². The number of aliphatic hydroxyl groups is 1. The number of carbonyl (C=O) groups excluding carboxylic acids is 1. The molecule has 2 unspecified atom stereocenters. The highest BCUT2D eigenvalue weighted by atomic mass is 16.3. The van der Waals surface area contributed by atoms with Gasteiger partial charge in [-0.25, -0.2) is 4.98 Å². The normalized spacial score (nSPS) is 19.3. The van der Waals surface area contributed by atoms with E-state index in [-0.39, 0.29) is 12.0 Å². The van der Waals surface area contributed by atoms with Crippen molar-refractivity contribution >= 4 is 23.2 Å². The first-order chi connectivity index (χ1) is 13.1. The SMILES string of the molecule is CNC(=O)c1ccc(Nc2nc3ccnc(CC4CCC(O)C4)n3n2)cc1. The van der Waals surface area contributed by atoms with E-state index in [2.05, 4.69) is 25.7 Å². The number of hydrogen-bond donors (Lipinski definition) is 3. The number of anilines is 2. The second-order valence-electron chi connectivity index (χ2n) is 6.88. The molecule has 8 heteroatoms. The molecule has 0 aliphatic heterocycles. The standard InChI is InChI=1S/C19H22N6O2/c1-20-18(27)13-3-5-14(6-4-13)22-19-23-16-8-9-21-17(25(16)24-19)11-12-2-7-15(26)10-12/h3-6,8-9,12,15,26H,2,7,10-11H2,1H3,(H,20,27)(H,22,24). The summed E-state index contributed by atoms with van der Waals surface area (Å²) in [6.07, 6.45) is 5.01. The summed E-state index contributed by atoms with van der Waals surface area (Å²) < 4.78 is 1.76. The van der Waals surface area contributed by atoms with E-state index in [1.54, 1.807) is 29.9 Å². The topological polar surface area (TPSA) is 104 Å². The summed E-state index contributed by atoms with van der Waals surface area (Å²) >= 11 is 0. The largest absolute Gasteiger partial charge is 0.393 e. The lowest BCUT2D eigenvalue weighted by atomic mass is 10.0. The fourth-order valence-corrected chi connectivity index (χ4v) is 3.53. The second-order valence-corrected chi connectivity index (χ2v) is 6.88. The van der Waals surface area contributed by atoms with Gasteiger partial charge in [-0.15, -0.1) is 5.10 Å². The Labute approximate surface area is 156 Å². The van der Waals surface area contributed by atoms with E-state index in [1.807, 2.05) is 18.2 Å². The van der Waals surface area contributed by atoms with Gasteiger partial charge in [0.25, 0.3) is 5.91 Å². The molecule has 1 aliphatic carbocycles. The lowest BCUT2D eigenvalue weighted by molar-refractivity contribution is 0.0963. The summed E-state index contributed by atoms with van der Waals surface area (Å²) in [6, 6.07) is 8.94. The van der Waals surface area contributed by atoms with Crippen LogP contribution in [0.15, 0.2) is 36.5 Å². The van der Waals surface area contributed by atoms with Gasteiger partial charge in [-0.1, -0.05) is 0 Å². The Morgan fingerprint density at radius 1 is 1.26 bits per heavy atom. The number of fused-ring (bicyclic) bond motifs is 1. The van der Waals surface area contributed by atoms with Gasteiger partial charge in [0.1, 0.15) is 5.82 Å². The molecule has 0 bridgehead atoms. The number of rotatable bonds is 5. The molecule has 140 valence electrons. The first kappa shape index (κ1) is 17.4. The van der Waals surface area contributed by atoms with E-state index in [0.29, 0.717) is 17.4 Å². The van der Waals surface area contributed by atoms with Crippen molar-refractivity contribution in [1.29, 1.82) is 0 Å². The third-order valence-corrected chi connectivity index (χ3v) is 4.94. The molecule has 27 heavy (non-hydrogen) atoms. The van der Waals surface area contributed by atoms with E-state index >= 15 is 0 Å². The minimum Gasteiger partial charge on any atom is -0.393 e. The molecule has 1 amide bonds. The van der Waals surface area contributed by atoms with Crippen LogP contribution in [-0.2, 0) is 6.42 Å². The van der Waals surface area contributed by atoms with Crippen LogP contribution in [0, 0.1) is 5.92 Å². The van der Waals surface area contributed by atoms with Crippen LogP contribution in [0.3, 0.4) is 0 Å². The van der Waals surface area contributed by atoms with Crippen LogP contribution in [0.25, 0.3) is 5.65 Å². The summed E-state index contributed by atoms with van der Waals surface area (Å²) in [7, 11) is 1.60. The summed E-state index contributed by atoms with van der Waals surface area (Å²) in [4.78, 5) is 20.6. The van der Waals surface area contributed by atoms with E-state index < -0.39 is 0 Å². The van der Waals surface area contributed by atoms with Crippen LogP contribution in [-0.4, -0.2) is 43.7 Å². The molecular weight excluding hydrogens is 344 g/mol. The number of nitrogens with one attached hydrogen (secondary N) is 2. The molecule has 1 aromatic carbocycles.